The fraction of sp³-hybridized carbons (Fsp3) is 0.263. The van der Waals surface area contributed by atoms with E-state index < -0.39 is 0 Å². The lowest BCUT2D eigenvalue weighted by molar-refractivity contribution is 0.194. The second-order valence-electron chi connectivity index (χ2n) is 6.37. The average molecular weight is 405 g/mol. The van der Waals surface area contributed by atoms with E-state index in [0.29, 0.717) is 24.7 Å². The van der Waals surface area contributed by atoms with Gasteiger partial charge in [-0.2, -0.15) is 0 Å². The predicted octanol–water partition coefficient (Wildman–Crippen LogP) is 4.12. The van der Waals surface area contributed by atoms with Crippen LogP contribution in [0.1, 0.15) is 5.56 Å². The molecule has 0 aliphatic carbocycles. The van der Waals surface area contributed by atoms with Gasteiger partial charge < -0.3 is 15.1 Å². The third-order valence-electron chi connectivity index (χ3n) is 4.53. The number of urea groups is 1. The van der Waals surface area contributed by atoms with Crippen molar-refractivity contribution in [2.24, 2.45) is 0 Å². The lowest BCUT2D eigenvalue weighted by Crippen LogP contribution is -2.51. The third kappa shape index (κ3) is 4.14. The number of rotatable bonds is 3. The van der Waals surface area contributed by atoms with Crippen LogP contribution in [0, 0.1) is 5.82 Å². The van der Waals surface area contributed by atoms with Crippen molar-refractivity contribution >= 4 is 44.3 Å². The molecule has 3 aromatic rings. The van der Waals surface area contributed by atoms with Crippen LogP contribution < -0.4 is 10.2 Å². The lowest BCUT2D eigenvalue weighted by atomic mass is 10.2. The Balaban J connectivity index is 1.32. The summed E-state index contributed by atoms with van der Waals surface area (Å²) in [5.41, 5.74) is 1.82. The summed E-state index contributed by atoms with van der Waals surface area (Å²) in [6.07, 6.45) is 0. The summed E-state index contributed by atoms with van der Waals surface area (Å²) in [5, 5.41) is 4.55. The first kappa shape index (κ1) is 18.0. The Bertz CT molecular complexity index is 954. The van der Waals surface area contributed by atoms with E-state index in [1.54, 1.807) is 28.4 Å². The highest BCUT2D eigenvalue weighted by Crippen LogP contribution is 2.31. The Morgan fingerprint density at radius 3 is 2.63 bits per heavy atom. The minimum Gasteiger partial charge on any atom is -0.345 e. The molecule has 0 atom stereocenters. The average Bonchev–Trinajstić information content (AvgIpc) is 3.10. The van der Waals surface area contributed by atoms with Gasteiger partial charge in [0.2, 0.25) is 0 Å². The SMILES string of the molecule is O=C(NCc1ccc(F)cc1)N1CCN(c2nc3ccc(Cl)cc3s2)CC1. The molecule has 4 rings (SSSR count). The van der Waals surface area contributed by atoms with Crippen LogP contribution >= 0.6 is 22.9 Å². The van der Waals surface area contributed by atoms with Crippen LogP contribution in [0.2, 0.25) is 5.02 Å². The number of carbonyl (C=O) groups is 1. The molecule has 0 unspecified atom stereocenters. The quantitative estimate of drug-likeness (QED) is 0.714. The van der Waals surface area contributed by atoms with Crippen molar-refractivity contribution < 1.29 is 9.18 Å². The molecule has 5 nitrogen and oxygen atoms in total. The molecule has 140 valence electrons. The van der Waals surface area contributed by atoms with Crippen molar-refractivity contribution in [3.05, 3.63) is 58.9 Å². The molecule has 1 aliphatic heterocycles. The van der Waals surface area contributed by atoms with E-state index in [4.69, 9.17) is 11.6 Å². The molecule has 1 saturated heterocycles. The number of piperazine rings is 1. The standard InChI is InChI=1S/C19H18ClFN4OS/c20-14-3-6-16-17(11-14)27-19(23-16)25-9-7-24(8-10-25)18(26)22-12-13-1-4-15(21)5-2-13/h1-6,11H,7-10,12H2,(H,22,26). The van der Waals surface area contributed by atoms with Crippen LogP contribution in [-0.2, 0) is 6.54 Å². The molecule has 1 aliphatic rings. The Kier molecular flexibility index (Phi) is 5.13. The maximum absolute atomic E-state index is 12.9. The molecule has 2 amide bonds. The Morgan fingerprint density at radius 2 is 1.89 bits per heavy atom. The van der Waals surface area contributed by atoms with Crippen LogP contribution in [-0.4, -0.2) is 42.1 Å². The highest BCUT2D eigenvalue weighted by Gasteiger charge is 2.23. The van der Waals surface area contributed by atoms with Crippen molar-refractivity contribution in [3.8, 4) is 0 Å². The maximum atomic E-state index is 12.9. The highest BCUT2D eigenvalue weighted by molar-refractivity contribution is 7.22. The van der Waals surface area contributed by atoms with Gasteiger partial charge in [-0.3, -0.25) is 0 Å². The molecule has 1 N–H and O–H groups in total. The Morgan fingerprint density at radius 1 is 1.15 bits per heavy atom. The molecule has 0 saturated carbocycles. The number of anilines is 1. The minimum atomic E-state index is -0.279. The van der Waals surface area contributed by atoms with E-state index in [2.05, 4.69) is 15.2 Å². The number of benzene rings is 2. The zero-order valence-corrected chi connectivity index (χ0v) is 16.1. The van der Waals surface area contributed by atoms with Crippen LogP contribution in [0.15, 0.2) is 42.5 Å². The largest absolute Gasteiger partial charge is 0.345 e. The number of hydrogen-bond donors (Lipinski definition) is 1. The van der Waals surface area contributed by atoms with Gasteiger partial charge in [-0.25, -0.2) is 14.2 Å². The summed E-state index contributed by atoms with van der Waals surface area (Å²) in [4.78, 5) is 21.0. The molecule has 0 spiro atoms. The van der Waals surface area contributed by atoms with Crippen LogP contribution in [0.3, 0.4) is 0 Å². The van der Waals surface area contributed by atoms with Crippen LogP contribution in [0.25, 0.3) is 10.2 Å². The molecular weight excluding hydrogens is 387 g/mol. The van der Waals surface area contributed by atoms with Crippen molar-refractivity contribution in [2.75, 3.05) is 31.1 Å². The Hall–Kier alpha value is -2.38. The Labute approximate surface area is 165 Å². The highest BCUT2D eigenvalue weighted by atomic mass is 35.5. The first-order valence-corrected chi connectivity index (χ1v) is 9.86. The molecule has 8 heteroatoms. The van der Waals surface area contributed by atoms with E-state index in [1.807, 2.05) is 18.2 Å². The van der Waals surface area contributed by atoms with Gasteiger partial charge in [-0.1, -0.05) is 35.1 Å². The maximum Gasteiger partial charge on any atom is 0.317 e. The fourth-order valence-electron chi connectivity index (χ4n) is 3.01. The topological polar surface area (TPSA) is 48.5 Å². The summed E-state index contributed by atoms with van der Waals surface area (Å²) in [6.45, 7) is 3.12. The van der Waals surface area contributed by atoms with Gasteiger partial charge in [0.25, 0.3) is 0 Å². The summed E-state index contributed by atoms with van der Waals surface area (Å²) < 4.78 is 14.0. The first-order chi connectivity index (χ1) is 13.1. The van der Waals surface area contributed by atoms with Gasteiger partial charge >= 0.3 is 6.03 Å². The zero-order valence-electron chi connectivity index (χ0n) is 14.5. The molecule has 0 bridgehead atoms. The van der Waals surface area contributed by atoms with E-state index in [1.165, 1.54) is 12.1 Å². The zero-order chi connectivity index (χ0) is 18.8. The normalized spacial score (nSPS) is 14.6. The summed E-state index contributed by atoms with van der Waals surface area (Å²) in [6, 6.07) is 11.7. The molecule has 1 aromatic heterocycles. The van der Waals surface area contributed by atoms with Gasteiger partial charge in [0, 0.05) is 37.7 Å². The number of fused-ring (bicyclic) bond motifs is 1. The molecule has 1 fully saturated rings. The summed E-state index contributed by atoms with van der Waals surface area (Å²) in [7, 11) is 0. The molecular formula is C19H18ClFN4OS. The number of nitrogens with zero attached hydrogens (tertiary/aromatic N) is 3. The number of carbonyl (C=O) groups excluding carboxylic acids is 1. The van der Waals surface area contributed by atoms with Gasteiger partial charge in [-0.15, -0.1) is 0 Å². The third-order valence-corrected chi connectivity index (χ3v) is 5.85. The monoisotopic (exact) mass is 404 g/mol. The van der Waals surface area contributed by atoms with E-state index in [0.717, 1.165) is 34.0 Å². The summed E-state index contributed by atoms with van der Waals surface area (Å²) >= 11 is 7.66. The van der Waals surface area contributed by atoms with Crippen molar-refractivity contribution in [2.45, 2.75) is 6.54 Å². The summed E-state index contributed by atoms with van der Waals surface area (Å²) in [5.74, 6) is -0.279. The molecule has 2 aromatic carbocycles. The fourth-order valence-corrected chi connectivity index (χ4v) is 4.31. The van der Waals surface area contributed by atoms with Gasteiger partial charge in [0.05, 0.1) is 10.2 Å². The minimum absolute atomic E-state index is 0.102. The van der Waals surface area contributed by atoms with Crippen LogP contribution in [0.4, 0.5) is 14.3 Å². The second-order valence-corrected chi connectivity index (χ2v) is 7.81. The van der Waals surface area contributed by atoms with E-state index in [-0.39, 0.29) is 11.8 Å². The van der Waals surface area contributed by atoms with Gasteiger partial charge in [0.15, 0.2) is 5.13 Å². The number of hydrogen-bond acceptors (Lipinski definition) is 4. The van der Waals surface area contributed by atoms with E-state index in [9.17, 15) is 9.18 Å². The number of nitrogens with one attached hydrogen (secondary N) is 1. The van der Waals surface area contributed by atoms with E-state index >= 15 is 0 Å². The van der Waals surface area contributed by atoms with Gasteiger partial charge in [-0.05, 0) is 35.9 Å². The van der Waals surface area contributed by atoms with Gasteiger partial charge in [0.1, 0.15) is 5.82 Å². The molecule has 0 radical (unpaired) electrons. The number of halogens is 2. The number of amides is 2. The van der Waals surface area contributed by atoms with Crippen molar-refractivity contribution in [3.63, 3.8) is 0 Å². The number of aromatic nitrogens is 1. The molecule has 2 heterocycles. The predicted molar refractivity (Wildman–Crippen MR) is 107 cm³/mol. The van der Waals surface area contributed by atoms with Crippen LogP contribution in [0.5, 0.6) is 0 Å². The lowest BCUT2D eigenvalue weighted by Gasteiger charge is -2.34. The van der Waals surface area contributed by atoms with Crippen molar-refractivity contribution in [1.29, 1.82) is 0 Å². The molecule has 27 heavy (non-hydrogen) atoms. The van der Waals surface area contributed by atoms with Crippen molar-refractivity contribution in [1.82, 2.24) is 15.2 Å². The number of thiazole rings is 1. The smallest absolute Gasteiger partial charge is 0.317 e. The first-order valence-electron chi connectivity index (χ1n) is 8.67. The second kappa shape index (κ2) is 7.70.